The summed E-state index contributed by atoms with van der Waals surface area (Å²) in [5, 5.41) is 8.56. The van der Waals surface area contributed by atoms with Crippen LogP contribution in [0.3, 0.4) is 0 Å². The number of hydrogen-bond donors (Lipinski definition) is 0. The number of nitrogens with zero attached hydrogens (tertiary/aromatic N) is 4. The van der Waals surface area contributed by atoms with E-state index in [1.165, 1.54) is 12.1 Å². The van der Waals surface area contributed by atoms with Crippen LogP contribution in [0.15, 0.2) is 49.1 Å². The Morgan fingerprint density at radius 2 is 2.14 bits per heavy atom. The molecule has 0 amide bonds. The highest BCUT2D eigenvalue weighted by atomic mass is 19.3. The van der Waals surface area contributed by atoms with Crippen molar-refractivity contribution in [3.8, 4) is 5.75 Å². The van der Waals surface area contributed by atoms with E-state index < -0.39 is 18.2 Å². The van der Waals surface area contributed by atoms with Gasteiger partial charge in [0.25, 0.3) is 0 Å². The van der Waals surface area contributed by atoms with Gasteiger partial charge in [0.2, 0.25) is 0 Å². The molecule has 3 aromatic rings. The predicted molar refractivity (Wildman–Crippen MR) is 93.3 cm³/mol. The largest absolute Gasteiger partial charge is 0.432 e. The molecule has 6 nitrogen and oxygen atoms in total. The minimum absolute atomic E-state index is 0.283. The molecule has 1 fully saturated rings. The summed E-state index contributed by atoms with van der Waals surface area (Å²) in [7, 11) is 0. The van der Waals surface area contributed by atoms with Gasteiger partial charge in [-0.1, -0.05) is 6.07 Å². The number of hydrogen-bond acceptors (Lipinski definition) is 4. The number of aromatic nitrogens is 4. The Kier molecular flexibility index (Phi) is 5.34. The number of halogens is 3. The van der Waals surface area contributed by atoms with E-state index in [1.54, 1.807) is 21.8 Å². The number of alkyl halides is 2. The minimum Gasteiger partial charge on any atom is -0.432 e. The van der Waals surface area contributed by atoms with Gasteiger partial charge in [-0.3, -0.25) is 4.68 Å². The van der Waals surface area contributed by atoms with E-state index >= 15 is 0 Å². The molecule has 2 atom stereocenters. The Bertz CT molecular complexity index is 914. The summed E-state index contributed by atoms with van der Waals surface area (Å²) >= 11 is 0. The number of ether oxygens (including phenoxy) is 2. The van der Waals surface area contributed by atoms with Gasteiger partial charge in [-0.05, 0) is 43.0 Å². The van der Waals surface area contributed by atoms with E-state index in [9.17, 15) is 13.2 Å². The Labute approximate surface area is 159 Å². The highest BCUT2D eigenvalue weighted by molar-refractivity contribution is 5.32. The summed E-state index contributed by atoms with van der Waals surface area (Å²) < 4.78 is 52.5. The molecule has 0 bridgehead atoms. The summed E-state index contributed by atoms with van der Waals surface area (Å²) in [6.45, 7) is -2.47. The molecular formula is C19H19F3N4O2. The van der Waals surface area contributed by atoms with Gasteiger partial charge in [-0.2, -0.15) is 19.0 Å². The summed E-state index contributed by atoms with van der Waals surface area (Å²) in [6.07, 6.45) is 8.98. The predicted octanol–water partition coefficient (Wildman–Crippen LogP) is 4.31. The third kappa shape index (κ3) is 4.19. The zero-order valence-electron chi connectivity index (χ0n) is 14.9. The topological polar surface area (TPSA) is 54.1 Å². The molecule has 148 valence electrons. The fraction of sp³-hybridized carbons (Fsp3) is 0.368. The van der Waals surface area contributed by atoms with Crippen LogP contribution in [0.1, 0.15) is 42.7 Å². The summed E-state index contributed by atoms with van der Waals surface area (Å²) in [4.78, 5) is 0. The molecule has 2 unspecified atom stereocenters. The molecular weight excluding hydrogens is 373 g/mol. The maximum atomic E-state index is 13.7. The van der Waals surface area contributed by atoms with Crippen molar-refractivity contribution in [2.75, 3.05) is 0 Å². The lowest BCUT2D eigenvalue weighted by Crippen LogP contribution is -2.21. The van der Waals surface area contributed by atoms with Crippen molar-refractivity contribution < 1.29 is 22.6 Å². The molecule has 1 aliphatic heterocycles. The zero-order chi connectivity index (χ0) is 19.5. The first-order valence-electron chi connectivity index (χ1n) is 8.98. The molecule has 0 radical (unpaired) electrons. The zero-order valence-corrected chi connectivity index (χ0v) is 14.9. The van der Waals surface area contributed by atoms with Gasteiger partial charge >= 0.3 is 6.61 Å². The maximum Gasteiger partial charge on any atom is 0.387 e. The molecule has 9 heteroatoms. The van der Waals surface area contributed by atoms with Crippen LogP contribution in [0, 0.1) is 5.82 Å². The Balaban J connectivity index is 1.47. The standard InChI is InChI=1S/C19H19F3N4O2/c20-15-6-5-14(9-17(15)28-19(21)22)16-3-1-4-18(27-16)26-12-13(10-24-26)11-25-8-2-7-23-25/h2,5-10,12,16,18-19H,1,3-4,11H2. The average molecular weight is 392 g/mol. The van der Waals surface area contributed by atoms with Crippen LogP contribution < -0.4 is 4.74 Å². The molecule has 0 aliphatic carbocycles. The van der Waals surface area contributed by atoms with Crippen LogP contribution in [0.25, 0.3) is 0 Å². The Morgan fingerprint density at radius 1 is 1.25 bits per heavy atom. The van der Waals surface area contributed by atoms with E-state index in [-0.39, 0.29) is 12.3 Å². The van der Waals surface area contributed by atoms with Crippen LogP contribution in [0.4, 0.5) is 13.2 Å². The van der Waals surface area contributed by atoms with Crippen LogP contribution >= 0.6 is 0 Å². The minimum atomic E-state index is -3.08. The molecule has 0 saturated carbocycles. The van der Waals surface area contributed by atoms with Crippen molar-refractivity contribution in [3.05, 3.63) is 66.0 Å². The van der Waals surface area contributed by atoms with Crippen LogP contribution in [-0.4, -0.2) is 26.2 Å². The molecule has 1 aliphatic rings. The lowest BCUT2D eigenvalue weighted by atomic mass is 10.00. The first-order valence-corrected chi connectivity index (χ1v) is 8.98. The Hall–Kier alpha value is -2.81. The average Bonchev–Trinajstić information content (AvgIpc) is 3.36. The fourth-order valence-corrected chi connectivity index (χ4v) is 3.35. The second kappa shape index (κ2) is 8.05. The highest BCUT2D eigenvalue weighted by Gasteiger charge is 2.26. The molecule has 28 heavy (non-hydrogen) atoms. The molecule has 1 saturated heterocycles. The number of rotatable bonds is 6. The van der Waals surface area contributed by atoms with E-state index in [0.29, 0.717) is 18.5 Å². The van der Waals surface area contributed by atoms with Gasteiger partial charge in [0, 0.05) is 24.2 Å². The quantitative estimate of drug-likeness (QED) is 0.627. The van der Waals surface area contributed by atoms with E-state index in [4.69, 9.17) is 4.74 Å². The lowest BCUT2D eigenvalue weighted by molar-refractivity contribution is -0.0977. The Morgan fingerprint density at radius 3 is 2.93 bits per heavy atom. The van der Waals surface area contributed by atoms with Crippen molar-refractivity contribution in [2.24, 2.45) is 0 Å². The molecule has 1 aromatic carbocycles. The molecule has 0 spiro atoms. The van der Waals surface area contributed by atoms with E-state index in [1.807, 2.05) is 18.5 Å². The van der Waals surface area contributed by atoms with Crippen molar-refractivity contribution in [1.29, 1.82) is 0 Å². The first-order chi connectivity index (χ1) is 13.6. The van der Waals surface area contributed by atoms with Gasteiger partial charge in [0.05, 0.1) is 18.8 Å². The maximum absolute atomic E-state index is 13.7. The molecule has 2 aromatic heterocycles. The van der Waals surface area contributed by atoms with Gasteiger partial charge in [-0.25, -0.2) is 9.07 Å². The third-order valence-electron chi connectivity index (χ3n) is 4.64. The molecule has 0 N–H and O–H groups in total. The van der Waals surface area contributed by atoms with E-state index in [0.717, 1.165) is 24.5 Å². The smallest absolute Gasteiger partial charge is 0.387 e. The van der Waals surface area contributed by atoms with Gasteiger partial charge < -0.3 is 9.47 Å². The van der Waals surface area contributed by atoms with Crippen LogP contribution in [0.5, 0.6) is 5.75 Å². The SMILES string of the molecule is Fc1ccc(C2CCCC(n3cc(Cn4cccn4)cn3)O2)cc1OC(F)F. The van der Waals surface area contributed by atoms with Crippen molar-refractivity contribution >= 4 is 0 Å². The van der Waals surface area contributed by atoms with Crippen molar-refractivity contribution in [3.63, 3.8) is 0 Å². The van der Waals surface area contributed by atoms with Gasteiger partial charge in [-0.15, -0.1) is 0 Å². The normalized spacial score (nSPS) is 19.9. The highest BCUT2D eigenvalue weighted by Crippen LogP contribution is 2.37. The first kappa shape index (κ1) is 18.5. The summed E-state index contributed by atoms with van der Waals surface area (Å²) in [6, 6.07) is 5.79. The lowest BCUT2D eigenvalue weighted by Gasteiger charge is -2.30. The summed E-state index contributed by atoms with van der Waals surface area (Å²) in [5.74, 6) is -1.30. The second-order valence-corrected chi connectivity index (χ2v) is 6.61. The second-order valence-electron chi connectivity index (χ2n) is 6.61. The van der Waals surface area contributed by atoms with E-state index in [2.05, 4.69) is 14.9 Å². The monoisotopic (exact) mass is 392 g/mol. The third-order valence-corrected chi connectivity index (χ3v) is 4.64. The van der Waals surface area contributed by atoms with Gasteiger partial charge in [0.15, 0.2) is 17.8 Å². The van der Waals surface area contributed by atoms with Gasteiger partial charge in [0.1, 0.15) is 0 Å². The van der Waals surface area contributed by atoms with Crippen LogP contribution in [-0.2, 0) is 11.3 Å². The molecule has 3 heterocycles. The summed E-state index contributed by atoms with van der Waals surface area (Å²) in [5.41, 5.74) is 1.59. The molecule has 4 rings (SSSR count). The fourth-order valence-electron chi connectivity index (χ4n) is 3.35. The van der Waals surface area contributed by atoms with Crippen molar-refractivity contribution in [1.82, 2.24) is 19.6 Å². The number of benzene rings is 1. The van der Waals surface area contributed by atoms with Crippen molar-refractivity contribution in [2.45, 2.75) is 44.8 Å². The van der Waals surface area contributed by atoms with Crippen LogP contribution in [0.2, 0.25) is 0 Å².